The number of hydrogen-bond donors (Lipinski definition) is 1. The standard InChI is InChI=1S/C22H27N3O2/c1-14-18(22(27)24-15(2)23-14)12-13-21(26)25(17-10-11-17)20-9-5-7-16-6-3-4-8-19(16)20/h3-4,6,8,17,20H,5,7,9-13H2,1-2H3,(H,23,24,27). The second kappa shape index (κ2) is 7.29. The van der Waals surface area contributed by atoms with Crippen molar-refractivity contribution < 1.29 is 4.79 Å². The summed E-state index contributed by atoms with van der Waals surface area (Å²) in [6.45, 7) is 3.62. The molecule has 0 bridgehead atoms. The maximum absolute atomic E-state index is 13.2. The molecule has 2 aromatic rings. The number of carbonyl (C=O) groups excluding carboxylic acids is 1. The molecule has 1 amide bonds. The predicted molar refractivity (Wildman–Crippen MR) is 105 cm³/mol. The van der Waals surface area contributed by atoms with Gasteiger partial charge in [-0.3, -0.25) is 9.59 Å². The van der Waals surface area contributed by atoms with Gasteiger partial charge in [-0.05, 0) is 63.5 Å². The molecule has 1 heterocycles. The third kappa shape index (κ3) is 3.68. The summed E-state index contributed by atoms with van der Waals surface area (Å²) in [5.74, 6) is 0.782. The fraction of sp³-hybridized carbons (Fsp3) is 0.500. The number of fused-ring (bicyclic) bond motifs is 1. The first-order chi connectivity index (χ1) is 13.0. The predicted octanol–water partition coefficient (Wildman–Crippen LogP) is 3.39. The van der Waals surface area contributed by atoms with Gasteiger partial charge >= 0.3 is 0 Å². The minimum absolute atomic E-state index is 0.117. The molecule has 1 atom stereocenters. The van der Waals surface area contributed by atoms with Crippen LogP contribution in [0.15, 0.2) is 29.1 Å². The highest BCUT2D eigenvalue weighted by molar-refractivity contribution is 5.78. The summed E-state index contributed by atoms with van der Waals surface area (Å²) in [6.07, 6.45) is 6.26. The summed E-state index contributed by atoms with van der Waals surface area (Å²) < 4.78 is 0. The monoisotopic (exact) mass is 365 g/mol. The van der Waals surface area contributed by atoms with E-state index >= 15 is 0 Å². The van der Waals surface area contributed by atoms with Crippen LogP contribution in [0.3, 0.4) is 0 Å². The van der Waals surface area contributed by atoms with Crippen LogP contribution < -0.4 is 5.56 Å². The Morgan fingerprint density at radius 2 is 2.00 bits per heavy atom. The zero-order chi connectivity index (χ0) is 19.0. The first kappa shape index (κ1) is 18.0. The number of amides is 1. The molecule has 1 aromatic carbocycles. The second-order valence-corrected chi connectivity index (χ2v) is 7.85. The van der Waals surface area contributed by atoms with E-state index in [0.29, 0.717) is 30.3 Å². The lowest BCUT2D eigenvalue weighted by atomic mass is 9.86. The molecule has 2 aliphatic carbocycles. The van der Waals surface area contributed by atoms with E-state index in [4.69, 9.17) is 0 Å². The summed E-state index contributed by atoms with van der Waals surface area (Å²) in [5.41, 5.74) is 3.94. The molecule has 4 rings (SSSR count). The average Bonchev–Trinajstić information content (AvgIpc) is 3.46. The molecule has 1 unspecified atom stereocenters. The van der Waals surface area contributed by atoms with Crippen molar-refractivity contribution in [1.82, 2.24) is 14.9 Å². The lowest BCUT2D eigenvalue weighted by Crippen LogP contribution is -2.38. The summed E-state index contributed by atoms with van der Waals surface area (Å²) in [4.78, 5) is 34.6. The van der Waals surface area contributed by atoms with Crippen LogP contribution in [0.4, 0.5) is 0 Å². The highest BCUT2D eigenvalue weighted by Crippen LogP contribution is 2.41. The molecule has 5 heteroatoms. The summed E-state index contributed by atoms with van der Waals surface area (Å²) >= 11 is 0. The lowest BCUT2D eigenvalue weighted by Gasteiger charge is -2.36. The van der Waals surface area contributed by atoms with Gasteiger partial charge in [-0.1, -0.05) is 24.3 Å². The van der Waals surface area contributed by atoms with Crippen molar-refractivity contribution in [3.8, 4) is 0 Å². The number of H-pyrrole nitrogens is 1. The number of hydrogen-bond acceptors (Lipinski definition) is 3. The first-order valence-corrected chi connectivity index (χ1v) is 10.00. The largest absolute Gasteiger partial charge is 0.333 e. The molecule has 1 aromatic heterocycles. The Bertz CT molecular complexity index is 914. The molecule has 27 heavy (non-hydrogen) atoms. The number of nitrogens with one attached hydrogen (secondary N) is 1. The fourth-order valence-corrected chi connectivity index (χ4v) is 4.41. The average molecular weight is 365 g/mol. The Morgan fingerprint density at radius 3 is 2.74 bits per heavy atom. The Labute approximate surface area is 159 Å². The van der Waals surface area contributed by atoms with Gasteiger partial charge in [-0.2, -0.15) is 0 Å². The van der Waals surface area contributed by atoms with Gasteiger partial charge in [-0.25, -0.2) is 4.98 Å². The van der Waals surface area contributed by atoms with Crippen LogP contribution in [-0.4, -0.2) is 26.8 Å². The normalized spacial score (nSPS) is 18.8. The maximum Gasteiger partial charge on any atom is 0.254 e. The van der Waals surface area contributed by atoms with Gasteiger partial charge in [0.2, 0.25) is 5.91 Å². The fourth-order valence-electron chi connectivity index (χ4n) is 4.41. The highest BCUT2D eigenvalue weighted by Gasteiger charge is 2.39. The van der Waals surface area contributed by atoms with E-state index in [1.165, 1.54) is 11.1 Å². The van der Waals surface area contributed by atoms with E-state index in [2.05, 4.69) is 39.1 Å². The molecule has 142 valence electrons. The number of aromatic nitrogens is 2. The number of benzene rings is 1. The second-order valence-electron chi connectivity index (χ2n) is 7.85. The van der Waals surface area contributed by atoms with E-state index in [0.717, 1.165) is 37.8 Å². The van der Waals surface area contributed by atoms with Crippen LogP contribution in [-0.2, 0) is 17.6 Å². The lowest BCUT2D eigenvalue weighted by molar-refractivity contribution is -0.134. The number of aromatic amines is 1. The number of rotatable bonds is 5. The zero-order valence-corrected chi connectivity index (χ0v) is 16.1. The molecule has 1 N–H and O–H groups in total. The quantitative estimate of drug-likeness (QED) is 0.883. The van der Waals surface area contributed by atoms with E-state index in [-0.39, 0.29) is 17.5 Å². The zero-order valence-electron chi connectivity index (χ0n) is 16.1. The van der Waals surface area contributed by atoms with Gasteiger partial charge in [0, 0.05) is 23.7 Å². The van der Waals surface area contributed by atoms with Crippen molar-refractivity contribution >= 4 is 5.91 Å². The Kier molecular flexibility index (Phi) is 4.85. The SMILES string of the molecule is Cc1nc(C)c(CCC(=O)N(C2CC2)C2CCCc3ccccc32)c(=O)[nH]1. The van der Waals surface area contributed by atoms with Gasteiger partial charge in [0.05, 0.1) is 6.04 Å². The Hall–Kier alpha value is -2.43. The van der Waals surface area contributed by atoms with Crippen molar-refractivity contribution in [2.24, 2.45) is 0 Å². The van der Waals surface area contributed by atoms with Crippen molar-refractivity contribution in [3.63, 3.8) is 0 Å². The van der Waals surface area contributed by atoms with E-state index in [1.54, 1.807) is 6.92 Å². The third-order valence-corrected chi connectivity index (χ3v) is 5.83. The van der Waals surface area contributed by atoms with Crippen LogP contribution in [0.1, 0.15) is 66.4 Å². The molecule has 1 saturated carbocycles. The molecule has 0 radical (unpaired) electrons. The molecule has 5 nitrogen and oxygen atoms in total. The van der Waals surface area contributed by atoms with E-state index in [9.17, 15) is 9.59 Å². The molecule has 0 saturated heterocycles. The van der Waals surface area contributed by atoms with Crippen molar-refractivity contribution in [2.75, 3.05) is 0 Å². The first-order valence-electron chi connectivity index (χ1n) is 10.00. The van der Waals surface area contributed by atoms with Gasteiger partial charge in [0.15, 0.2) is 0 Å². The van der Waals surface area contributed by atoms with Crippen molar-refractivity contribution in [2.45, 2.75) is 70.9 Å². The van der Waals surface area contributed by atoms with Gasteiger partial charge in [0.1, 0.15) is 5.82 Å². The summed E-state index contributed by atoms with van der Waals surface area (Å²) in [7, 11) is 0. The maximum atomic E-state index is 13.2. The van der Waals surface area contributed by atoms with E-state index < -0.39 is 0 Å². The van der Waals surface area contributed by atoms with E-state index in [1.807, 2.05) is 6.92 Å². The van der Waals surface area contributed by atoms with Gasteiger partial charge in [-0.15, -0.1) is 0 Å². The molecular formula is C22H27N3O2. The molecular weight excluding hydrogens is 338 g/mol. The number of nitrogens with zero attached hydrogens (tertiary/aromatic N) is 2. The highest BCUT2D eigenvalue weighted by atomic mass is 16.2. The Morgan fingerprint density at radius 1 is 1.22 bits per heavy atom. The smallest absolute Gasteiger partial charge is 0.254 e. The Balaban J connectivity index is 1.54. The minimum atomic E-state index is -0.117. The topological polar surface area (TPSA) is 66.1 Å². The van der Waals surface area contributed by atoms with Crippen molar-refractivity contribution in [3.05, 3.63) is 62.8 Å². The van der Waals surface area contributed by atoms with Crippen LogP contribution in [0.2, 0.25) is 0 Å². The third-order valence-electron chi connectivity index (χ3n) is 5.83. The number of aryl methyl sites for hydroxylation is 3. The van der Waals surface area contributed by atoms with Gasteiger partial charge in [0.25, 0.3) is 5.56 Å². The molecule has 2 aliphatic rings. The molecule has 0 spiro atoms. The van der Waals surface area contributed by atoms with Gasteiger partial charge < -0.3 is 9.88 Å². The van der Waals surface area contributed by atoms with Crippen LogP contribution in [0.25, 0.3) is 0 Å². The summed E-state index contributed by atoms with van der Waals surface area (Å²) in [6, 6.07) is 9.09. The molecule has 1 fully saturated rings. The van der Waals surface area contributed by atoms with Crippen LogP contribution >= 0.6 is 0 Å². The molecule has 0 aliphatic heterocycles. The minimum Gasteiger partial charge on any atom is -0.333 e. The van der Waals surface area contributed by atoms with Crippen LogP contribution in [0, 0.1) is 13.8 Å². The van der Waals surface area contributed by atoms with Crippen molar-refractivity contribution in [1.29, 1.82) is 0 Å². The summed E-state index contributed by atoms with van der Waals surface area (Å²) in [5, 5.41) is 0. The van der Waals surface area contributed by atoms with Crippen LogP contribution in [0.5, 0.6) is 0 Å². The number of carbonyl (C=O) groups is 1.